The highest BCUT2D eigenvalue weighted by Crippen LogP contribution is 2.55. The number of alkyl halides is 3. The minimum absolute atomic E-state index is 0.0151. The van der Waals surface area contributed by atoms with Crippen molar-refractivity contribution in [1.29, 1.82) is 0 Å². The molecule has 0 amide bonds. The van der Waals surface area contributed by atoms with E-state index < -0.39 is 17.8 Å². The van der Waals surface area contributed by atoms with Crippen molar-refractivity contribution in [3.8, 4) is 0 Å². The number of halogens is 3. The smallest absolute Gasteiger partial charge is 0.322 e. The molecule has 2 N–H and O–H groups in total. The molecule has 8 heteroatoms. The second-order valence-corrected chi connectivity index (χ2v) is 3.77. The number of hydrogen-bond acceptors (Lipinski definition) is 4. The van der Waals surface area contributed by atoms with Gasteiger partial charge in [0.05, 0.1) is 6.04 Å². The third kappa shape index (κ3) is 1.39. The highest BCUT2D eigenvalue weighted by atomic mass is 19.4. The zero-order chi connectivity index (χ0) is 11.3. The van der Waals surface area contributed by atoms with Crippen LogP contribution < -0.4 is 5.73 Å². The molecule has 15 heavy (non-hydrogen) atoms. The Balaban J connectivity index is 2.42. The van der Waals surface area contributed by atoms with Crippen molar-refractivity contribution < 1.29 is 13.2 Å². The van der Waals surface area contributed by atoms with E-state index in [0.717, 1.165) is 4.68 Å². The van der Waals surface area contributed by atoms with Gasteiger partial charge in [-0.15, -0.1) is 5.10 Å². The lowest BCUT2D eigenvalue weighted by Crippen LogP contribution is -2.37. The first-order chi connectivity index (χ1) is 6.88. The second-order valence-electron chi connectivity index (χ2n) is 3.77. The summed E-state index contributed by atoms with van der Waals surface area (Å²) in [5.41, 5.74) is 3.58. The molecular weight excluding hydrogens is 211 g/mol. The largest absolute Gasteiger partial charge is 0.413 e. The van der Waals surface area contributed by atoms with Crippen LogP contribution in [-0.2, 0) is 5.54 Å². The van der Waals surface area contributed by atoms with Crippen molar-refractivity contribution in [3.63, 3.8) is 0 Å². The van der Waals surface area contributed by atoms with Gasteiger partial charge in [-0.05, 0) is 30.2 Å². The van der Waals surface area contributed by atoms with Gasteiger partial charge in [0.25, 0.3) is 0 Å². The van der Waals surface area contributed by atoms with Gasteiger partial charge >= 0.3 is 6.18 Å². The molecule has 0 spiro atoms. The molecule has 0 aromatic carbocycles. The molecule has 1 fully saturated rings. The van der Waals surface area contributed by atoms with E-state index in [2.05, 4.69) is 15.5 Å². The predicted molar refractivity (Wildman–Crippen MR) is 43.7 cm³/mol. The van der Waals surface area contributed by atoms with Gasteiger partial charge in [-0.3, -0.25) is 0 Å². The topological polar surface area (TPSA) is 69.6 Å². The van der Waals surface area contributed by atoms with Gasteiger partial charge in [0, 0.05) is 0 Å². The van der Waals surface area contributed by atoms with Crippen molar-refractivity contribution in [1.82, 2.24) is 20.2 Å². The molecule has 1 aromatic heterocycles. The minimum atomic E-state index is -4.33. The summed E-state index contributed by atoms with van der Waals surface area (Å²) >= 11 is 0. The van der Waals surface area contributed by atoms with Crippen LogP contribution in [0, 0.1) is 0 Å². The fraction of sp³-hybridized carbons (Fsp3) is 0.857. The third-order valence-corrected chi connectivity index (χ3v) is 2.56. The van der Waals surface area contributed by atoms with Gasteiger partial charge in [-0.25, -0.2) is 4.68 Å². The standard InChI is InChI=1S/C7H10F3N5/c1-4(11)5-12-13-14-15(5)6(2-3-6)7(8,9)10/h4H,2-3,11H2,1H3. The molecule has 0 saturated heterocycles. The Morgan fingerprint density at radius 2 is 2.07 bits per heavy atom. The van der Waals surface area contributed by atoms with Crippen molar-refractivity contribution >= 4 is 0 Å². The molecule has 0 bridgehead atoms. The zero-order valence-electron chi connectivity index (χ0n) is 7.99. The van der Waals surface area contributed by atoms with Gasteiger partial charge in [0.1, 0.15) is 0 Å². The van der Waals surface area contributed by atoms with Crippen LogP contribution in [0.15, 0.2) is 0 Å². The number of tetrazole rings is 1. The monoisotopic (exact) mass is 221 g/mol. The van der Waals surface area contributed by atoms with Crippen LogP contribution in [-0.4, -0.2) is 26.4 Å². The molecular formula is C7H10F3N5. The average Bonchev–Trinajstić information content (AvgIpc) is 2.76. The first-order valence-electron chi connectivity index (χ1n) is 4.49. The Morgan fingerprint density at radius 3 is 2.47 bits per heavy atom. The Kier molecular flexibility index (Phi) is 2.00. The lowest BCUT2D eigenvalue weighted by molar-refractivity contribution is -0.183. The quantitative estimate of drug-likeness (QED) is 0.799. The number of aromatic nitrogens is 4. The maximum absolute atomic E-state index is 12.7. The molecule has 1 aliphatic carbocycles. The fourth-order valence-electron chi connectivity index (χ4n) is 1.52. The zero-order valence-corrected chi connectivity index (χ0v) is 7.99. The summed E-state index contributed by atoms with van der Waals surface area (Å²) in [7, 11) is 0. The third-order valence-electron chi connectivity index (χ3n) is 2.56. The fourth-order valence-corrected chi connectivity index (χ4v) is 1.52. The van der Waals surface area contributed by atoms with Crippen molar-refractivity contribution in [2.75, 3.05) is 0 Å². The van der Waals surface area contributed by atoms with Gasteiger partial charge in [0.2, 0.25) is 0 Å². The Labute approximate surface area is 83.4 Å². The lowest BCUT2D eigenvalue weighted by Gasteiger charge is -2.20. The average molecular weight is 221 g/mol. The number of hydrogen-bond donors (Lipinski definition) is 1. The highest BCUT2D eigenvalue weighted by molar-refractivity contribution is 5.08. The summed E-state index contributed by atoms with van der Waals surface area (Å²) in [6.07, 6.45) is -4.30. The van der Waals surface area contributed by atoms with E-state index in [1.807, 2.05) is 0 Å². The van der Waals surface area contributed by atoms with E-state index in [1.165, 1.54) is 0 Å². The van der Waals surface area contributed by atoms with Crippen LogP contribution in [0.5, 0.6) is 0 Å². The molecule has 1 aromatic rings. The van der Waals surface area contributed by atoms with Gasteiger partial charge in [0.15, 0.2) is 11.4 Å². The second kappa shape index (κ2) is 2.91. The molecule has 1 heterocycles. The summed E-state index contributed by atoms with van der Waals surface area (Å²) in [6, 6.07) is -0.611. The van der Waals surface area contributed by atoms with Crippen LogP contribution in [0.4, 0.5) is 13.2 Å². The summed E-state index contributed by atoms with van der Waals surface area (Å²) in [5.74, 6) is 0.0739. The first-order valence-corrected chi connectivity index (χ1v) is 4.49. The lowest BCUT2D eigenvalue weighted by atomic mass is 10.2. The van der Waals surface area contributed by atoms with Gasteiger partial charge < -0.3 is 5.73 Å². The normalized spacial score (nSPS) is 21.4. The molecule has 0 aliphatic heterocycles. The van der Waals surface area contributed by atoms with Crippen LogP contribution in [0.3, 0.4) is 0 Å². The van der Waals surface area contributed by atoms with Crippen molar-refractivity contribution in [3.05, 3.63) is 5.82 Å². The van der Waals surface area contributed by atoms with Crippen LogP contribution in [0.1, 0.15) is 31.6 Å². The Hall–Kier alpha value is -1.18. The van der Waals surface area contributed by atoms with E-state index in [9.17, 15) is 13.2 Å². The summed E-state index contributed by atoms with van der Waals surface area (Å²) in [6.45, 7) is 1.55. The number of rotatable bonds is 2. The molecule has 84 valence electrons. The van der Waals surface area contributed by atoms with E-state index >= 15 is 0 Å². The summed E-state index contributed by atoms with van der Waals surface area (Å²) in [5, 5.41) is 10.2. The van der Waals surface area contributed by atoms with Gasteiger partial charge in [-0.2, -0.15) is 13.2 Å². The molecule has 0 radical (unpaired) electrons. The molecule has 1 saturated carbocycles. The van der Waals surface area contributed by atoms with Crippen molar-refractivity contribution in [2.45, 2.75) is 37.5 Å². The molecule has 5 nitrogen and oxygen atoms in total. The van der Waals surface area contributed by atoms with E-state index in [-0.39, 0.29) is 18.7 Å². The maximum Gasteiger partial charge on any atom is 0.413 e. The molecule has 1 aliphatic rings. The Bertz CT molecular complexity index is 365. The Morgan fingerprint density at radius 1 is 1.47 bits per heavy atom. The molecule has 1 atom stereocenters. The summed E-state index contributed by atoms with van der Waals surface area (Å²) < 4.78 is 39.1. The molecule has 2 rings (SSSR count). The van der Waals surface area contributed by atoms with Crippen LogP contribution >= 0.6 is 0 Å². The highest BCUT2D eigenvalue weighted by Gasteiger charge is 2.66. The SMILES string of the molecule is CC(N)c1nnnn1C1(C(F)(F)F)CC1. The molecule has 1 unspecified atom stereocenters. The van der Waals surface area contributed by atoms with Gasteiger partial charge in [-0.1, -0.05) is 0 Å². The first kappa shape index (κ1) is 10.3. The van der Waals surface area contributed by atoms with Crippen LogP contribution in [0.2, 0.25) is 0 Å². The maximum atomic E-state index is 12.7. The van der Waals surface area contributed by atoms with Crippen molar-refractivity contribution in [2.24, 2.45) is 5.73 Å². The predicted octanol–water partition coefficient (Wildman–Crippen LogP) is 0.744. The number of nitrogens with two attached hydrogens (primary N) is 1. The van der Waals surface area contributed by atoms with Crippen LogP contribution in [0.25, 0.3) is 0 Å². The summed E-state index contributed by atoms with van der Waals surface area (Å²) in [4.78, 5) is 0. The number of nitrogens with zero attached hydrogens (tertiary/aromatic N) is 4. The van der Waals surface area contributed by atoms with E-state index in [1.54, 1.807) is 6.92 Å². The van der Waals surface area contributed by atoms with E-state index in [0.29, 0.717) is 0 Å². The minimum Gasteiger partial charge on any atom is -0.322 e. The van der Waals surface area contributed by atoms with E-state index in [4.69, 9.17) is 5.73 Å².